The van der Waals surface area contributed by atoms with Crippen LogP contribution in [0.5, 0.6) is 11.5 Å². The number of carbonyl (C=O) groups is 1. The molecule has 0 amide bonds. The zero-order valence-corrected chi connectivity index (χ0v) is 10.5. The lowest BCUT2D eigenvalue weighted by atomic mass is 9.99. The summed E-state index contributed by atoms with van der Waals surface area (Å²) in [5, 5.41) is 0.355. The first-order valence-corrected chi connectivity index (χ1v) is 5.67. The second-order valence-corrected chi connectivity index (χ2v) is 4.09. The Bertz CT molecular complexity index is 456. The zero-order chi connectivity index (χ0) is 12.4. The van der Waals surface area contributed by atoms with Gasteiger partial charge in [-0.1, -0.05) is 11.6 Å². The SMILES string of the molecule is COC(=O)c1c2c(cc(Cl)c1OC)OCCC2. The number of ether oxygens (including phenoxy) is 3. The summed E-state index contributed by atoms with van der Waals surface area (Å²) in [6, 6.07) is 1.68. The number of rotatable bonds is 2. The number of benzene rings is 1. The second-order valence-electron chi connectivity index (χ2n) is 3.69. The van der Waals surface area contributed by atoms with Gasteiger partial charge in [-0.3, -0.25) is 0 Å². The molecule has 0 bridgehead atoms. The molecule has 0 saturated heterocycles. The molecule has 0 aromatic heterocycles. The highest BCUT2D eigenvalue weighted by atomic mass is 35.5. The molecule has 92 valence electrons. The number of methoxy groups -OCH3 is 2. The topological polar surface area (TPSA) is 44.8 Å². The third-order valence-electron chi connectivity index (χ3n) is 2.72. The molecule has 0 atom stereocenters. The standard InChI is InChI=1S/C12H13ClO4/c1-15-11-8(13)6-9-7(4-3-5-17-9)10(11)12(14)16-2/h6H,3-5H2,1-2H3. The van der Waals surface area contributed by atoms with Gasteiger partial charge in [0.15, 0.2) is 5.75 Å². The molecule has 2 rings (SSSR count). The van der Waals surface area contributed by atoms with Crippen molar-refractivity contribution in [3.05, 3.63) is 22.2 Å². The summed E-state index contributed by atoms with van der Waals surface area (Å²) in [7, 11) is 2.81. The number of fused-ring (bicyclic) bond motifs is 1. The molecule has 5 heteroatoms. The van der Waals surface area contributed by atoms with Gasteiger partial charge in [-0.25, -0.2) is 4.79 Å². The van der Waals surface area contributed by atoms with Crippen molar-refractivity contribution < 1.29 is 19.0 Å². The Kier molecular flexibility index (Phi) is 3.43. The highest BCUT2D eigenvalue weighted by Gasteiger charge is 2.26. The lowest BCUT2D eigenvalue weighted by Gasteiger charge is -2.21. The monoisotopic (exact) mass is 256 g/mol. The van der Waals surface area contributed by atoms with Gasteiger partial charge in [0, 0.05) is 11.6 Å². The van der Waals surface area contributed by atoms with Crippen LogP contribution in [0.15, 0.2) is 6.07 Å². The maximum absolute atomic E-state index is 11.8. The van der Waals surface area contributed by atoms with E-state index in [0.717, 1.165) is 18.4 Å². The average Bonchev–Trinajstić information content (AvgIpc) is 2.36. The predicted octanol–water partition coefficient (Wildman–Crippen LogP) is 2.46. The van der Waals surface area contributed by atoms with E-state index in [1.165, 1.54) is 14.2 Å². The largest absolute Gasteiger partial charge is 0.494 e. The van der Waals surface area contributed by atoms with Gasteiger partial charge in [-0.2, -0.15) is 0 Å². The second kappa shape index (κ2) is 4.84. The van der Waals surface area contributed by atoms with Crippen molar-refractivity contribution in [1.82, 2.24) is 0 Å². The lowest BCUT2D eigenvalue weighted by molar-refractivity contribution is 0.0594. The first kappa shape index (κ1) is 12.0. The molecule has 17 heavy (non-hydrogen) atoms. The van der Waals surface area contributed by atoms with Crippen molar-refractivity contribution in [2.75, 3.05) is 20.8 Å². The molecule has 4 nitrogen and oxygen atoms in total. The summed E-state index contributed by atoms with van der Waals surface area (Å²) in [5.74, 6) is 0.538. The van der Waals surface area contributed by atoms with Crippen molar-refractivity contribution in [2.24, 2.45) is 0 Å². The molecule has 0 N–H and O–H groups in total. The van der Waals surface area contributed by atoms with E-state index in [2.05, 4.69) is 0 Å². The normalized spacial score (nSPS) is 13.6. The maximum atomic E-state index is 11.8. The molecule has 1 heterocycles. The Balaban J connectivity index is 2.65. The minimum absolute atomic E-state index is 0.350. The van der Waals surface area contributed by atoms with E-state index in [4.69, 9.17) is 25.8 Å². The molecule has 1 aromatic carbocycles. The van der Waals surface area contributed by atoms with Crippen LogP contribution in [0.1, 0.15) is 22.3 Å². The molecular weight excluding hydrogens is 244 g/mol. The van der Waals surface area contributed by atoms with Crippen molar-refractivity contribution in [3.8, 4) is 11.5 Å². The minimum atomic E-state index is -0.453. The predicted molar refractivity (Wildman–Crippen MR) is 63.2 cm³/mol. The van der Waals surface area contributed by atoms with Crippen molar-refractivity contribution >= 4 is 17.6 Å². The quantitative estimate of drug-likeness (QED) is 0.763. The van der Waals surface area contributed by atoms with Crippen LogP contribution in [0.25, 0.3) is 0 Å². The number of carbonyl (C=O) groups excluding carboxylic acids is 1. The molecule has 0 radical (unpaired) electrons. The molecule has 0 unspecified atom stereocenters. The van der Waals surface area contributed by atoms with E-state index in [-0.39, 0.29) is 0 Å². The van der Waals surface area contributed by atoms with E-state index < -0.39 is 5.97 Å². The van der Waals surface area contributed by atoms with Crippen molar-refractivity contribution in [1.29, 1.82) is 0 Å². The van der Waals surface area contributed by atoms with Crippen LogP contribution < -0.4 is 9.47 Å². The Labute approximate surface area is 104 Å². The van der Waals surface area contributed by atoms with Gasteiger partial charge in [0.2, 0.25) is 0 Å². The molecule has 1 aromatic rings. The fourth-order valence-corrected chi connectivity index (χ4v) is 2.24. The van der Waals surface area contributed by atoms with Crippen LogP contribution in [0.3, 0.4) is 0 Å². The van der Waals surface area contributed by atoms with E-state index in [1.807, 2.05) is 0 Å². The third kappa shape index (κ3) is 2.05. The first-order valence-electron chi connectivity index (χ1n) is 5.29. The highest BCUT2D eigenvalue weighted by Crippen LogP contribution is 2.40. The van der Waals surface area contributed by atoms with E-state index in [1.54, 1.807) is 6.07 Å². The van der Waals surface area contributed by atoms with Gasteiger partial charge in [0.25, 0.3) is 0 Å². The third-order valence-corrected chi connectivity index (χ3v) is 3.00. The van der Waals surface area contributed by atoms with Gasteiger partial charge in [0.1, 0.15) is 11.3 Å². The highest BCUT2D eigenvalue weighted by molar-refractivity contribution is 6.33. The fourth-order valence-electron chi connectivity index (χ4n) is 1.97. The van der Waals surface area contributed by atoms with Crippen molar-refractivity contribution in [2.45, 2.75) is 12.8 Å². The van der Waals surface area contributed by atoms with Gasteiger partial charge < -0.3 is 14.2 Å². The van der Waals surface area contributed by atoms with Crippen LogP contribution in [-0.2, 0) is 11.2 Å². The molecular formula is C12H13ClO4. The van der Waals surface area contributed by atoms with Crippen LogP contribution in [0.2, 0.25) is 5.02 Å². The van der Waals surface area contributed by atoms with Gasteiger partial charge in [0.05, 0.1) is 25.8 Å². The molecule has 0 spiro atoms. The van der Waals surface area contributed by atoms with Gasteiger partial charge >= 0.3 is 5.97 Å². The summed E-state index contributed by atoms with van der Waals surface area (Å²) in [6.45, 7) is 0.635. The van der Waals surface area contributed by atoms with Crippen molar-refractivity contribution in [3.63, 3.8) is 0 Å². The Hall–Kier alpha value is -1.42. The summed E-state index contributed by atoms with van der Waals surface area (Å²) in [6.07, 6.45) is 1.62. The molecule has 0 aliphatic carbocycles. The van der Waals surface area contributed by atoms with E-state index >= 15 is 0 Å². The fraction of sp³-hybridized carbons (Fsp3) is 0.417. The number of esters is 1. The van der Waals surface area contributed by atoms with Crippen LogP contribution in [0, 0.1) is 0 Å². The average molecular weight is 257 g/mol. The summed E-state index contributed by atoms with van der Waals surface area (Å²) >= 11 is 6.05. The van der Waals surface area contributed by atoms with Crippen LogP contribution in [-0.4, -0.2) is 26.8 Å². The Morgan fingerprint density at radius 3 is 2.88 bits per heavy atom. The molecule has 0 fully saturated rings. The number of hydrogen-bond donors (Lipinski definition) is 0. The summed E-state index contributed by atoms with van der Waals surface area (Å²) in [5.41, 5.74) is 1.18. The maximum Gasteiger partial charge on any atom is 0.342 e. The minimum Gasteiger partial charge on any atom is -0.494 e. The lowest BCUT2D eigenvalue weighted by Crippen LogP contribution is -2.15. The van der Waals surface area contributed by atoms with E-state index in [9.17, 15) is 4.79 Å². The first-order chi connectivity index (χ1) is 8.19. The number of hydrogen-bond acceptors (Lipinski definition) is 4. The molecule has 1 aliphatic rings. The van der Waals surface area contributed by atoms with Crippen LogP contribution in [0.4, 0.5) is 0 Å². The van der Waals surface area contributed by atoms with Gasteiger partial charge in [-0.15, -0.1) is 0 Å². The molecule has 1 aliphatic heterocycles. The number of halogens is 1. The smallest absolute Gasteiger partial charge is 0.342 e. The molecule has 0 saturated carbocycles. The zero-order valence-electron chi connectivity index (χ0n) is 9.71. The summed E-state index contributed by atoms with van der Waals surface area (Å²) in [4.78, 5) is 11.8. The summed E-state index contributed by atoms with van der Waals surface area (Å²) < 4.78 is 15.4. The van der Waals surface area contributed by atoms with E-state index in [0.29, 0.717) is 28.7 Å². The Morgan fingerprint density at radius 2 is 2.24 bits per heavy atom. The Morgan fingerprint density at radius 1 is 1.47 bits per heavy atom. The van der Waals surface area contributed by atoms with Crippen LogP contribution >= 0.6 is 11.6 Å². The van der Waals surface area contributed by atoms with Gasteiger partial charge in [-0.05, 0) is 12.8 Å².